The molecule has 1 rings (SSSR count). The van der Waals surface area contributed by atoms with Crippen molar-refractivity contribution in [3.05, 3.63) is 29.8 Å². The monoisotopic (exact) mass is 274 g/mol. The molecule has 17 heavy (non-hydrogen) atoms. The molecule has 0 saturated heterocycles. The van der Waals surface area contributed by atoms with Crippen LogP contribution < -0.4 is 0 Å². The van der Waals surface area contributed by atoms with Crippen LogP contribution in [0.5, 0.6) is 0 Å². The van der Waals surface area contributed by atoms with Crippen molar-refractivity contribution in [3.63, 3.8) is 0 Å². The lowest BCUT2D eigenvalue weighted by molar-refractivity contribution is 0.0432. The quantitative estimate of drug-likeness (QED) is 0.738. The van der Waals surface area contributed by atoms with Crippen LogP contribution in [0.2, 0.25) is 0 Å². The summed E-state index contributed by atoms with van der Waals surface area (Å²) in [7, 11) is 6.83. The van der Waals surface area contributed by atoms with E-state index in [0.717, 1.165) is 11.3 Å². The average Bonchev–Trinajstić information content (AvgIpc) is 2.38. The van der Waals surface area contributed by atoms with Crippen LogP contribution in [-0.2, 0) is 16.1 Å². The van der Waals surface area contributed by atoms with Crippen LogP contribution in [0.15, 0.2) is 29.2 Å². The van der Waals surface area contributed by atoms with Gasteiger partial charge in [0.25, 0.3) is 0 Å². The standard InChI is InChI=1S/C12H18O3S2/c1-14-8-11(15-2)9-16-17-12-5-3-10(7-13)4-6-12/h3-6,11,13H,7-9H2,1-2H3. The Kier molecular flexibility index (Phi) is 7.72. The van der Waals surface area contributed by atoms with Crippen LogP contribution in [-0.4, -0.2) is 37.8 Å². The van der Waals surface area contributed by atoms with Crippen LogP contribution in [0.4, 0.5) is 0 Å². The Hall–Kier alpha value is -0.200. The molecule has 0 radical (unpaired) electrons. The summed E-state index contributed by atoms with van der Waals surface area (Å²) < 4.78 is 10.3. The molecule has 1 atom stereocenters. The minimum absolute atomic E-state index is 0.0949. The van der Waals surface area contributed by atoms with Crippen LogP contribution in [0.25, 0.3) is 0 Å². The van der Waals surface area contributed by atoms with Crippen LogP contribution in [0, 0.1) is 0 Å². The summed E-state index contributed by atoms with van der Waals surface area (Å²) in [6, 6.07) is 7.90. The van der Waals surface area contributed by atoms with Gasteiger partial charge in [0.15, 0.2) is 0 Å². The maximum absolute atomic E-state index is 8.93. The first-order valence-corrected chi connectivity index (χ1v) is 7.63. The molecule has 1 aromatic rings. The van der Waals surface area contributed by atoms with E-state index in [9.17, 15) is 0 Å². The zero-order valence-corrected chi connectivity index (χ0v) is 11.7. The fourth-order valence-corrected chi connectivity index (χ4v) is 3.43. The van der Waals surface area contributed by atoms with Crippen molar-refractivity contribution in [1.82, 2.24) is 0 Å². The lowest BCUT2D eigenvalue weighted by Crippen LogP contribution is -2.19. The number of methoxy groups -OCH3 is 2. The molecule has 0 saturated carbocycles. The van der Waals surface area contributed by atoms with Gasteiger partial charge >= 0.3 is 0 Å². The Labute approximate surface area is 110 Å². The predicted molar refractivity (Wildman–Crippen MR) is 73.4 cm³/mol. The van der Waals surface area contributed by atoms with Crippen molar-refractivity contribution in [2.24, 2.45) is 0 Å². The molecule has 1 aromatic carbocycles. The maximum Gasteiger partial charge on any atom is 0.0903 e. The third-order valence-electron chi connectivity index (χ3n) is 2.20. The van der Waals surface area contributed by atoms with Gasteiger partial charge in [0.1, 0.15) is 0 Å². The van der Waals surface area contributed by atoms with Gasteiger partial charge in [-0.25, -0.2) is 0 Å². The van der Waals surface area contributed by atoms with E-state index in [1.165, 1.54) is 4.90 Å². The minimum Gasteiger partial charge on any atom is -0.392 e. The van der Waals surface area contributed by atoms with Gasteiger partial charge in [-0.05, 0) is 17.7 Å². The van der Waals surface area contributed by atoms with Crippen molar-refractivity contribution < 1.29 is 14.6 Å². The van der Waals surface area contributed by atoms with E-state index in [1.807, 2.05) is 24.3 Å². The summed E-state index contributed by atoms with van der Waals surface area (Å²) >= 11 is 0. The van der Waals surface area contributed by atoms with E-state index < -0.39 is 0 Å². The van der Waals surface area contributed by atoms with E-state index in [-0.39, 0.29) is 12.7 Å². The Balaban J connectivity index is 2.29. The highest BCUT2D eigenvalue weighted by molar-refractivity contribution is 8.76. The van der Waals surface area contributed by atoms with Gasteiger partial charge in [-0.2, -0.15) is 0 Å². The van der Waals surface area contributed by atoms with Gasteiger partial charge in [0.05, 0.1) is 19.3 Å². The third-order valence-corrected chi connectivity index (χ3v) is 4.63. The first-order chi connectivity index (χ1) is 8.30. The molecule has 0 aliphatic rings. The van der Waals surface area contributed by atoms with Gasteiger partial charge in [0, 0.05) is 24.9 Å². The van der Waals surface area contributed by atoms with Gasteiger partial charge < -0.3 is 14.6 Å². The van der Waals surface area contributed by atoms with E-state index in [2.05, 4.69) is 0 Å². The molecule has 1 unspecified atom stereocenters. The Morgan fingerprint density at radius 2 is 1.94 bits per heavy atom. The second-order valence-electron chi connectivity index (χ2n) is 3.48. The molecule has 0 fully saturated rings. The van der Waals surface area contributed by atoms with Crippen molar-refractivity contribution >= 4 is 21.6 Å². The summed E-state index contributed by atoms with van der Waals surface area (Å²) in [5.41, 5.74) is 0.938. The number of rotatable bonds is 8. The maximum atomic E-state index is 8.93. The highest BCUT2D eigenvalue weighted by atomic mass is 33.1. The van der Waals surface area contributed by atoms with Crippen LogP contribution in [0.1, 0.15) is 5.56 Å². The number of aliphatic hydroxyl groups is 1. The van der Waals surface area contributed by atoms with Crippen molar-refractivity contribution in [2.75, 3.05) is 26.6 Å². The fourth-order valence-electron chi connectivity index (χ4n) is 1.20. The van der Waals surface area contributed by atoms with Gasteiger partial charge in [-0.3, -0.25) is 0 Å². The topological polar surface area (TPSA) is 38.7 Å². The molecule has 96 valence electrons. The first kappa shape index (κ1) is 14.9. The van der Waals surface area contributed by atoms with E-state index in [4.69, 9.17) is 14.6 Å². The normalized spacial score (nSPS) is 12.6. The molecule has 3 nitrogen and oxygen atoms in total. The molecule has 0 aromatic heterocycles. The van der Waals surface area contributed by atoms with Crippen LogP contribution in [0.3, 0.4) is 0 Å². The van der Waals surface area contributed by atoms with E-state index >= 15 is 0 Å². The fraction of sp³-hybridized carbons (Fsp3) is 0.500. The molecule has 0 aliphatic heterocycles. The number of benzene rings is 1. The molecule has 0 bridgehead atoms. The zero-order valence-electron chi connectivity index (χ0n) is 10.1. The summed E-state index contributed by atoms with van der Waals surface area (Å²) in [5.74, 6) is 0.886. The zero-order chi connectivity index (χ0) is 12.5. The molecule has 0 heterocycles. The second kappa shape index (κ2) is 8.83. The van der Waals surface area contributed by atoms with Crippen molar-refractivity contribution in [2.45, 2.75) is 17.6 Å². The van der Waals surface area contributed by atoms with E-state index in [1.54, 1.807) is 35.8 Å². The summed E-state index contributed by atoms with van der Waals surface area (Å²) in [5, 5.41) is 8.93. The molecule has 0 spiro atoms. The van der Waals surface area contributed by atoms with Crippen molar-refractivity contribution in [1.29, 1.82) is 0 Å². The Bertz CT molecular complexity index is 303. The molecular weight excluding hydrogens is 256 g/mol. The van der Waals surface area contributed by atoms with Gasteiger partial charge in [-0.15, -0.1) is 0 Å². The number of aliphatic hydroxyl groups excluding tert-OH is 1. The SMILES string of the molecule is COCC(CSSc1ccc(CO)cc1)OC. The summed E-state index contributed by atoms with van der Waals surface area (Å²) in [6.45, 7) is 0.713. The highest BCUT2D eigenvalue weighted by Crippen LogP contribution is 2.31. The molecule has 0 amide bonds. The lowest BCUT2D eigenvalue weighted by atomic mass is 10.2. The largest absolute Gasteiger partial charge is 0.392 e. The molecule has 0 aliphatic carbocycles. The summed E-state index contributed by atoms with van der Waals surface area (Å²) in [6.07, 6.45) is 0.134. The first-order valence-electron chi connectivity index (χ1n) is 5.31. The lowest BCUT2D eigenvalue weighted by Gasteiger charge is -2.13. The predicted octanol–water partition coefficient (Wildman–Crippen LogP) is 2.58. The number of hydrogen-bond acceptors (Lipinski definition) is 5. The molecular formula is C12H18O3S2. The smallest absolute Gasteiger partial charge is 0.0903 e. The minimum atomic E-state index is 0.0949. The molecule has 5 heteroatoms. The average molecular weight is 274 g/mol. The number of hydrogen-bond donors (Lipinski definition) is 1. The van der Waals surface area contributed by atoms with Gasteiger partial charge in [-0.1, -0.05) is 33.7 Å². The second-order valence-corrected chi connectivity index (χ2v) is 5.90. The Morgan fingerprint density at radius 3 is 2.47 bits per heavy atom. The van der Waals surface area contributed by atoms with Crippen molar-refractivity contribution in [3.8, 4) is 0 Å². The number of ether oxygens (including phenoxy) is 2. The third kappa shape index (κ3) is 5.79. The van der Waals surface area contributed by atoms with E-state index in [0.29, 0.717) is 6.61 Å². The highest BCUT2D eigenvalue weighted by Gasteiger charge is 2.07. The van der Waals surface area contributed by atoms with Crippen LogP contribution >= 0.6 is 21.6 Å². The Morgan fingerprint density at radius 1 is 1.24 bits per heavy atom. The summed E-state index contributed by atoms with van der Waals surface area (Å²) in [4.78, 5) is 1.18. The van der Waals surface area contributed by atoms with Gasteiger partial charge in [0.2, 0.25) is 0 Å². The molecule has 1 N–H and O–H groups in total.